The van der Waals surface area contributed by atoms with Crippen molar-refractivity contribution in [2.75, 3.05) is 20.2 Å². The van der Waals surface area contributed by atoms with Gasteiger partial charge in [0, 0.05) is 12.5 Å². The maximum Gasteiger partial charge on any atom is 0.118 e. The number of benzene rings is 1. The predicted molar refractivity (Wildman–Crippen MR) is 58.1 cm³/mol. The van der Waals surface area contributed by atoms with Crippen LogP contribution in [0.25, 0.3) is 0 Å². The number of ether oxygens (including phenoxy) is 1. The van der Waals surface area contributed by atoms with Crippen LogP contribution in [0.2, 0.25) is 0 Å². The van der Waals surface area contributed by atoms with Gasteiger partial charge in [0.25, 0.3) is 0 Å². The molecule has 1 aliphatic rings. The molecule has 0 radical (unpaired) electrons. The van der Waals surface area contributed by atoms with E-state index in [0.29, 0.717) is 6.42 Å². The molecule has 15 heavy (non-hydrogen) atoms. The highest BCUT2D eigenvalue weighted by Crippen LogP contribution is 2.27. The fraction of sp³-hybridized carbons (Fsp3) is 0.500. The van der Waals surface area contributed by atoms with E-state index in [1.165, 1.54) is 0 Å². The third-order valence-electron chi connectivity index (χ3n) is 2.94. The Labute approximate surface area is 89.4 Å². The van der Waals surface area contributed by atoms with E-state index in [1.807, 2.05) is 24.3 Å². The van der Waals surface area contributed by atoms with E-state index in [2.05, 4.69) is 5.32 Å². The average molecular weight is 209 g/mol. The van der Waals surface area contributed by atoms with E-state index >= 15 is 0 Å². The van der Waals surface area contributed by atoms with Crippen molar-refractivity contribution in [2.24, 2.45) is 0 Å². The standard InChI is InChI=1S/C12H16FNO/c1-15-10-4-2-9(3-5-10)11-8-14-7-6-12(11)13/h2-5,11-12,14H,6-8H2,1H3. The number of hydrogen-bond acceptors (Lipinski definition) is 2. The molecule has 1 aliphatic heterocycles. The van der Waals surface area contributed by atoms with Crippen LogP contribution in [-0.4, -0.2) is 26.4 Å². The van der Waals surface area contributed by atoms with Gasteiger partial charge >= 0.3 is 0 Å². The van der Waals surface area contributed by atoms with Crippen molar-refractivity contribution in [1.29, 1.82) is 0 Å². The minimum atomic E-state index is -0.723. The van der Waals surface area contributed by atoms with Crippen molar-refractivity contribution in [3.05, 3.63) is 29.8 Å². The first-order valence-corrected chi connectivity index (χ1v) is 5.30. The molecule has 1 saturated heterocycles. The Kier molecular flexibility index (Phi) is 3.21. The van der Waals surface area contributed by atoms with Gasteiger partial charge in [0.05, 0.1) is 7.11 Å². The molecule has 1 heterocycles. The molecule has 1 fully saturated rings. The molecule has 0 aliphatic carbocycles. The van der Waals surface area contributed by atoms with Gasteiger partial charge in [0.15, 0.2) is 0 Å². The lowest BCUT2D eigenvalue weighted by Gasteiger charge is -2.27. The summed E-state index contributed by atoms with van der Waals surface area (Å²) in [7, 11) is 1.63. The summed E-state index contributed by atoms with van der Waals surface area (Å²) in [5.41, 5.74) is 1.05. The molecule has 2 atom stereocenters. The smallest absolute Gasteiger partial charge is 0.118 e. The summed E-state index contributed by atoms with van der Waals surface area (Å²) in [6.45, 7) is 1.52. The van der Waals surface area contributed by atoms with Gasteiger partial charge in [-0.15, -0.1) is 0 Å². The van der Waals surface area contributed by atoms with Gasteiger partial charge in [-0.1, -0.05) is 12.1 Å². The lowest BCUT2D eigenvalue weighted by Crippen LogP contribution is -2.36. The summed E-state index contributed by atoms with van der Waals surface area (Å²) in [5, 5.41) is 3.22. The van der Waals surface area contributed by atoms with E-state index in [0.717, 1.165) is 24.4 Å². The summed E-state index contributed by atoms with van der Waals surface area (Å²) >= 11 is 0. The summed E-state index contributed by atoms with van der Waals surface area (Å²) in [6.07, 6.45) is -0.115. The van der Waals surface area contributed by atoms with Gasteiger partial charge in [-0.25, -0.2) is 4.39 Å². The number of alkyl halides is 1. The highest BCUT2D eigenvalue weighted by atomic mass is 19.1. The average Bonchev–Trinajstić information content (AvgIpc) is 2.30. The summed E-state index contributed by atoms with van der Waals surface area (Å²) in [4.78, 5) is 0. The van der Waals surface area contributed by atoms with Crippen LogP contribution in [0, 0.1) is 0 Å². The Morgan fingerprint density at radius 3 is 2.67 bits per heavy atom. The van der Waals surface area contributed by atoms with E-state index in [4.69, 9.17) is 4.74 Å². The summed E-state index contributed by atoms with van der Waals surface area (Å²) in [5.74, 6) is 0.808. The topological polar surface area (TPSA) is 21.3 Å². The van der Waals surface area contributed by atoms with E-state index in [-0.39, 0.29) is 5.92 Å². The molecule has 2 rings (SSSR count). The maximum atomic E-state index is 13.6. The van der Waals surface area contributed by atoms with Crippen molar-refractivity contribution < 1.29 is 9.13 Å². The van der Waals surface area contributed by atoms with Crippen LogP contribution < -0.4 is 10.1 Å². The molecule has 0 aromatic heterocycles. The highest BCUT2D eigenvalue weighted by Gasteiger charge is 2.25. The number of methoxy groups -OCH3 is 1. The Bertz CT molecular complexity index is 312. The second kappa shape index (κ2) is 4.62. The monoisotopic (exact) mass is 209 g/mol. The van der Waals surface area contributed by atoms with Gasteiger partial charge < -0.3 is 10.1 Å². The van der Waals surface area contributed by atoms with Gasteiger partial charge in [0.1, 0.15) is 11.9 Å². The molecule has 0 saturated carbocycles. The van der Waals surface area contributed by atoms with Crippen LogP contribution >= 0.6 is 0 Å². The molecule has 82 valence electrons. The normalized spacial score (nSPS) is 26.3. The van der Waals surface area contributed by atoms with Crippen molar-refractivity contribution in [2.45, 2.75) is 18.5 Å². The second-order valence-electron chi connectivity index (χ2n) is 3.89. The number of piperidine rings is 1. The lowest BCUT2D eigenvalue weighted by atomic mass is 9.90. The zero-order valence-electron chi connectivity index (χ0n) is 8.87. The Morgan fingerprint density at radius 1 is 1.33 bits per heavy atom. The van der Waals surface area contributed by atoms with Gasteiger partial charge in [-0.3, -0.25) is 0 Å². The van der Waals surface area contributed by atoms with Crippen molar-refractivity contribution in [3.8, 4) is 5.75 Å². The van der Waals surface area contributed by atoms with Crippen LogP contribution in [0.1, 0.15) is 17.9 Å². The van der Waals surface area contributed by atoms with E-state index in [1.54, 1.807) is 7.11 Å². The fourth-order valence-electron chi connectivity index (χ4n) is 2.00. The molecule has 0 amide bonds. The first-order chi connectivity index (χ1) is 7.31. The number of halogens is 1. The molecular weight excluding hydrogens is 193 g/mol. The molecule has 2 nitrogen and oxygen atoms in total. The van der Waals surface area contributed by atoms with Crippen LogP contribution in [0.15, 0.2) is 24.3 Å². The largest absolute Gasteiger partial charge is 0.497 e. The zero-order chi connectivity index (χ0) is 10.7. The summed E-state index contributed by atoms with van der Waals surface area (Å²) in [6, 6.07) is 7.67. The van der Waals surface area contributed by atoms with Crippen LogP contribution in [0.4, 0.5) is 4.39 Å². The highest BCUT2D eigenvalue weighted by molar-refractivity contribution is 5.30. The number of hydrogen-bond donors (Lipinski definition) is 1. The van der Waals surface area contributed by atoms with Crippen LogP contribution in [0.3, 0.4) is 0 Å². The summed E-state index contributed by atoms with van der Waals surface area (Å²) < 4.78 is 18.7. The molecule has 1 aromatic rings. The van der Waals surface area contributed by atoms with Crippen molar-refractivity contribution >= 4 is 0 Å². The minimum Gasteiger partial charge on any atom is -0.497 e. The molecule has 2 unspecified atom stereocenters. The zero-order valence-corrected chi connectivity index (χ0v) is 8.87. The predicted octanol–water partition coefficient (Wildman–Crippen LogP) is 2.11. The quantitative estimate of drug-likeness (QED) is 0.805. The van der Waals surface area contributed by atoms with Gasteiger partial charge in [0.2, 0.25) is 0 Å². The Morgan fingerprint density at radius 2 is 2.07 bits per heavy atom. The van der Waals surface area contributed by atoms with Gasteiger partial charge in [-0.2, -0.15) is 0 Å². The number of rotatable bonds is 2. The molecule has 1 aromatic carbocycles. The molecule has 0 spiro atoms. The molecule has 3 heteroatoms. The third kappa shape index (κ3) is 2.29. The van der Waals surface area contributed by atoms with E-state index < -0.39 is 6.17 Å². The van der Waals surface area contributed by atoms with Crippen molar-refractivity contribution in [1.82, 2.24) is 5.32 Å². The number of nitrogens with one attached hydrogen (secondary N) is 1. The SMILES string of the molecule is COc1ccc(C2CNCCC2F)cc1. The molecule has 0 bridgehead atoms. The first-order valence-electron chi connectivity index (χ1n) is 5.30. The molecular formula is C12H16FNO. The Balaban J connectivity index is 2.13. The van der Waals surface area contributed by atoms with E-state index in [9.17, 15) is 4.39 Å². The molecule has 1 N–H and O–H groups in total. The first kappa shape index (κ1) is 10.4. The third-order valence-corrected chi connectivity index (χ3v) is 2.94. The maximum absolute atomic E-state index is 13.6. The lowest BCUT2D eigenvalue weighted by molar-refractivity contribution is 0.228. The fourth-order valence-corrected chi connectivity index (χ4v) is 2.00. The van der Waals surface area contributed by atoms with Crippen LogP contribution in [-0.2, 0) is 0 Å². The Hall–Kier alpha value is -1.09. The van der Waals surface area contributed by atoms with Crippen molar-refractivity contribution in [3.63, 3.8) is 0 Å². The minimum absolute atomic E-state index is 0.00958. The van der Waals surface area contributed by atoms with Gasteiger partial charge in [-0.05, 0) is 30.7 Å². The van der Waals surface area contributed by atoms with Crippen LogP contribution in [0.5, 0.6) is 5.75 Å². The second-order valence-corrected chi connectivity index (χ2v) is 3.89.